The highest BCUT2D eigenvalue weighted by molar-refractivity contribution is 4.54. The smallest absolute Gasteiger partial charge is 0.0549 e. The van der Waals surface area contributed by atoms with Gasteiger partial charge in [0.25, 0.3) is 0 Å². The number of hydrogen-bond acceptors (Lipinski definition) is 2. The molecule has 0 aliphatic heterocycles. The van der Waals surface area contributed by atoms with Crippen molar-refractivity contribution < 1.29 is 5.11 Å². The van der Waals surface area contributed by atoms with E-state index in [-0.39, 0.29) is 6.10 Å². The summed E-state index contributed by atoms with van der Waals surface area (Å²) in [6.07, 6.45) is 2.82. The summed E-state index contributed by atoms with van der Waals surface area (Å²) in [5.74, 6) is 0. The zero-order chi connectivity index (χ0) is 7.82. The van der Waals surface area contributed by atoms with Crippen LogP contribution in [0.5, 0.6) is 0 Å². The molecule has 0 rings (SSSR count). The lowest BCUT2D eigenvalue weighted by Crippen LogP contribution is -2.20. The Labute approximate surface area is 63.6 Å². The second-order valence-electron chi connectivity index (χ2n) is 2.60. The molecule has 0 fully saturated rings. The molecular formula is C8H19NO. The minimum Gasteiger partial charge on any atom is -0.393 e. The maximum atomic E-state index is 9.12. The molecule has 0 heterocycles. The molecule has 0 unspecified atom stereocenters. The van der Waals surface area contributed by atoms with Crippen LogP contribution in [0.4, 0.5) is 0 Å². The summed E-state index contributed by atoms with van der Waals surface area (Å²) in [7, 11) is 0. The molecule has 0 aromatic heterocycles. The first-order chi connectivity index (χ1) is 4.81. The van der Waals surface area contributed by atoms with Gasteiger partial charge in [0.15, 0.2) is 0 Å². The normalized spacial score (nSPS) is 13.5. The van der Waals surface area contributed by atoms with Gasteiger partial charge in [0, 0.05) is 0 Å². The third-order valence-electron chi connectivity index (χ3n) is 1.55. The molecule has 10 heavy (non-hydrogen) atoms. The Morgan fingerprint density at radius 3 is 2.50 bits per heavy atom. The fourth-order valence-corrected chi connectivity index (χ4v) is 0.775. The van der Waals surface area contributed by atoms with E-state index in [0.717, 1.165) is 25.9 Å². The van der Waals surface area contributed by atoms with E-state index >= 15 is 0 Å². The minimum atomic E-state index is -0.107. The molecule has 0 aromatic carbocycles. The monoisotopic (exact) mass is 145 g/mol. The van der Waals surface area contributed by atoms with Crippen molar-refractivity contribution >= 4 is 0 Å². The van der Waals surface area contributed by atoms with Crippen LogP contribution in [0.25, 0.3) is 0 Å². The van der Waals surface area contributed by atoms with Crippen LogP contribution < -0.4 is 5.32 Å². The Hall–Kier alpha value is -0.0800. The molecular weight excluding hydrogens is 126 g/mol. The van der Waals surface area contributed by atoms with Gasteiger partial charge < -0.3 is 10.4 Å². The SMILES string of the molecule is CCCNCC[C@H](O)CC. The van der Waals surface area contributed by atoms with E-state index in [1.165, 1.54) is 6.42 Å². The molecule has 62 valence electrons. The molecule has 0 saturated carbocycles. The van der Waals surface area contributed by atoms with Crippen molar-refractivity contribution in [1.29, 1.82) is 0 Å². The quantitative estimate of drug-likeness (QED) is 0.549. The molecule has 2 nitrogen and oxygen atoms in total. The van der Waals surface area contributed by atoms with Crippen molar-refractivity contribution in [3.63, 3.8) is 0 Å². The standard InChI is InChI=1S/C8H19NO/c1-3-6-9-7-5-8(10)4-2/h8-10H,3-7H2,1-2H3/t8-/m1/s1. The molecule has 1 atom stereocenters. The second kappa shape index (κ2) is 7.03. The fourth-order valence-electron chi connectivity index (χ4n) is 0.775. The number of aliphatic hydroxyl groups is 1. The topological polar surface area (TPSA) is 32.3 Å². The highest BCUT2D eigenvalue weighted by Gasteiger charge is 1.97. The summed E-state index contributed by atoms with van der Waals surface area (Å²) in [4.78, 5) is 0. The molecule has 0 aliphatic rings. The Kier molecular flexibility index (Phi) is 6.98. The first-order valence-electron chi connectivity index (χ1n) is 4.20. The summed E-state index contributed by atoms with van der Waals surface area (Å²) < 4.78 is 0. The Morgan fingerprint density at radius 1 is 1.30 bits per heavy atom. The Morgan fingerprint density at radius 2 is 2.00 bits per heavy atom. The number of nitrogens with one attached hydrogen (secondary N) is 1. The van der Waals surface area contributed by atoms with Gasteiger partial charge in [-0.1, -0.05) is 13.8 Å². The molecule has 0 aromatic rings. The van der Waals surface area contributed by atoms with E-state index in [0.29, 0.717) is 0 Å². The van der Waals surface area contributed by atoms with Gasteiger partial charge in [-0.3, -0.25) is 0 Å². The van der Waals surface area contributed by atoms with Crippen LogP contribution in [0.15, 0.2) is 0 Å². The van der Waals surface area contributed by atoms with Crippen molar-refractivity contribution in [2.75, 3.05) is 13.1 Å². The molecule has 0 spiro atoms. The maximum Gasteiger partial charge on any atom is 0.0549 e. The maximum absolute atomic E-state index is 9.12. The minimum absolute atomic E-state index is 0.107. The van der Waals surface area contributed by atoms with Gasteiger partial charge in [-0.05, 0) is 32.4 Å². The Bertz CT molecular complexity index is 66.3. The highest BCUT2D eigenvalue weighted by Crippen LogP contribution is 1.93. The van der Waals surface area contributed by atoms with Crippen LogP contribution in [0, 0.1) is 0 Å². The first kappa shape index (κ1) is 9.92. The predicted octanol–water partition coefficient (Wildman–Crippen LogP) is 1.15. The third-order valence-corrected chi connectivity index (χ3v) is 1.55. The molecule has 0 amide bonds. The molecule has 0 aliphatic carbocycles. The molecule has 2 heteroatoms. The molecule has 0 bridgehead atoms. The van der Waals surface area contributed by atoms with Crippen LogP contribution in [0.1, 0.15) is 33.1 Å². The predicted molar refractivity (Wildman–Crippen MR) is 44.1 cm³/mol. The van der Waals surface area contributed by atoms with Crippen molar-refractivity contribution in [2.45, 2.75) is 39.2 Å². The van der Waals surface area contributed by atoms with Gasteiger partial charge in [-0.25, -0.2) is 0 Å². The largest absolute Gasteiger partial charge is 0.393 e. The highest BCUT2D eigenvalue weighted by atomic mass is 16.3. The van der Waals surface area contributed by atoms with Crippen molar-refractivity contribution in [3.05, 3.63) is 0 Å². The summed E-state index contributed by atoms with van der Waals surface area (Å²) in [6, 6.07) is 0. The lowest BCUT2D eigenvalue weighted by Gasteiger charge is -2.07. The number of hydrogen-bond donors (Lipinski definition) is 2. The van der Waals surface area contributed by atoms with E-state index in [1.54, 1.807) is 0 Å². The van der Waals surface area contributed by atoms with Crippen LogP contribution in [-0.2, 0) is 0 Å². The summed E-state index contributed by atoms with van der Waals surface area (Å²) >= 11 is 0. The number of rotatable bonds is 6. The van der Waals surface area contributed by atoms with E-state index in [2.05, 4.69) is 12.2 Å². The summed E-state index contributed by atoms with van der Waals surface area (Å²) in [5.41, 5.74) is 0. The third kappa shape index (κ3) is 6.05. The summed E-state index contributed by atoms with van der Waals surface area (Å²) in [6.45, 7) is 6.16. The average Bonchev–Trinajstić information content (AvgIpc) is 1.98. The van der Waals surface area contributed by atoms with Crippen molar-refractivity contribution in [1.82, 2.24) is 5.32 Å². The zero-order valence-electron chi connectivity index (χ0n) is 7.06. The first-order valence-corrected chi connectivity index (χ1v) is 4.20. The molecule has 2 N–H and O–H groups in total. The average molecular weight is 145 g/mol. The zero-order valence-corrected chi connectivity index (χ0v) is 7.06. The molecule has 0 saturated heterocycles. The van der Waals surface area contributed by atoms with E-state index < -0.39 is 0 Å². The van der Waals surface area contributed by atoms with Crippen molar-refractivity contribution in [2.24, 2.45) is 0 Å². The van der Waals surface area contributed by atoms with Crippen LogP contribution in [-0.4, -0.2) is 24.3 Å². The molecule has 0 radical (unpaired) electrons. The lowest BCUT2D eigenvalue weighted by molar-refractivity contribution is 0.160. The van der Waals surface area contributed by atoms with E-state index in [4.69, 9.17) is 5.11 Å². The van der Waals surface area contributed by atoms with E-state index in [9.17, 15) is 0 Å². The van der Waals surface area contributed by atoms with Crippen molar-refractivity contribution in [3.8, 4) is 0 Å². The summed E-state index contributed by atoms with van der Waals surface area (Å²) in [5, 5.41) is 12.4. The van der Waals surface area contributed by atoms with E-state index in [1.807, 2.05) is 6.92 Å². The number of aliphatic hydroxyl groups excluding tert-OH is 1. The van der Waals surface area contributed by atoms with Crippen LogP contribution in [0.2, 0.25) is 0 Å². The van der Waals surface area contributed by atoms with Gasteiger partial charge >= 0.3 is 0 Å². The van der Waals surface area contributed by atoms with Gasteiger partial charge in [-0.15, -0.1) is 0 Å². The second-order valence-corrected chi connectivity index (χ2v) is 2.60. The van der Waals surface area contributed by atoms with Crippen LogP contribution in [0.3, 0.4) is 0 Å². The van der Waals surface area contributed by atoms with Gasteiger partial charge in [-0.2, -0.15) is 0 Å². The van der Waals surface area contributed by atoms with Gasteiger partial charge in [0.1, 0.15) is 0 Å². The lowest BCUT2D eigenvalue weighted by atomic mass is 10.2. The van der Waals surface area contributed by atoms with Crippen LogP contribution >= 0.6 is 0 Å². The fraction of sp³-hybridized carbons (Fsp3) is 1.00. The van der Waals surface area contributed by atoms with Gasteiger partial charge in [0.2, 0.25) is 0 Å². The van der Waals surface area contributed by atoms with Gasteiger partial charge in [0.05, 0.1) is 6.10 Å². The Balaban J connectivity index is 2.89.